The largest absolute Gasteiger partial charge is 1.00 e. The average molecular weight is 581 g/mol. The fraction of sp³-hybridized carbons (Fsp3) is 1.00. The molecule has 38 heavy (non-hydrogen) atoms. The van der Waals surface area contributed by atoms with Crippen LogP contribution in [0.2, 0.25) is 0 Å². The SMILES string of the molecule is CCCCOCC(C)OCC(C)OCC(C)OP(=O)([O-])OC(C)COC(C)COC(C)COCCCC.[Na+]. The summed E-state index contributed by atoms with van der Waals surface area (Å²) >= 11 is 0. The van der Waals surface area contributed by atoms with Crippen LogP contribution < -0.4 is 34.5 Å². The van der Waals surface area contributed by atoms with Gasteiger partial charge in [0.25, 0.3) is 7.82 Å². The Balaban J connectivity index is 0. The van der Waals surface area contributed by atoms with E-state index in [9.17, 15) is 9.46 Å². The minimum Gasteiger partial charge on any atom is -0.756 e. The quantitative estimate of drug-likeness (QED) is 0.0848. The molecule has 0 radical (unpaired) electrons. The molecular weight excluding hydrogens is 526 g/mol. The van der Waals surface area contributed by atoms with Crippen molar-refractivity contribution in [3.05, 3.63) is 0 Å². The number of unbranched alkanes of at least 4 members (excludes halogenated alkanes) is 2. The summed E-state index contributed by atoms with van der Waals surface area (Å²) in [5, 5.41) is 0. The van der Waals surface area contributed by atoms with Gasteiger partial charge in [-0.15, -0.1) is 0 Å². The second-order valence-corrected chi connectivity index (χ2v) is 11.0. The van der Waals surface area contributed by atoms with Crippen LogP contribution >= 0.6 is 7.82 Å². The third kappa shape index (κ3) is 25.8. The van der Waals surface area contributed by atoms with E-state index in [1.807, 2.05) is 27.7 Å². The number of hydrogen-bond donors (Lipinski definition) is 0. The predicted molar refractivity (Wildman–Crippen MR) is 142 cm³/mol. The third-order valence-electron chi connectivity index (χ3n) is 5.07. The fourth-order valence-electron chi connectivity index (χ4n) is 2.91. The van der Waals surface area contributed by atoms with Crippen LogP contribution in [0.4, 0.5) is 0 Å². The Morgan fingerprint density at radius 2 is 0.842 bits per heavy atom. The number of hydrogen-bond acceptors (Lipinski definition) is 10. The number of ether oxygens (including phenoxy) is 6. The van der Waals surface area contributed by atoms with Crippen LogP contribution in [0.3, 0.4) is 0 Å². The molecule has 0 N–H and O–H groups in total. The van der Waals surface area contributed by atoms with Gasteiger partial charge in [0, 0.05) is 13.2 Å². The molecule has 0 bridgehead atoms. The second-order valence-electron chi connectivity index (χ2n) is 9.71. The smallest absolute Gasteiger partial charge is 0.756 e. The maximum Gasteiger partial charge on any atom is 1.00 e. The van der Waals surface area contributed by atoms with E-state index < -0.39 is 20.0 Å². The van der Waals surface area contributed by atoms with E-state index >= 15 is 0 Å². The molecule has 12 heteroatoms. The van der Waals surface area contributed by atoms with E-state index in [1.165, 1.54) is 0 Å². The third-order valence-corrected chi connectivity index (χ3v) is 6.31. The molecule has 0 aliphatic carbocycles. The normalized spacial score (nSPS) is 18.1. The molecule has 224 valence electrons. The van der Waals surface area contributed by atoms with Crippen molar-refractivity contribution in [3.8, 4) is 0 Å². The summed E-state index contributed by atoms with van der Waals surface area (Å²) in [4.78, 5) is 12.3. The van der Waals surface area contributed by atoms with Crippen molar-refractivity contribution in [2.45, 2.75) is 118 Å². The fourth-order valence-corrected chi connectivity index (χ4v) is 3.96. The van der Waals surface area contributed by atoms with E-state index in [-0.39, 0.29) is 67.2 Å². The molecule has 0 spiro atoms. The molecule has 0 aliphatic heterocycles. The van der Waals surface area contributed by atoms with Gasteiger partial charge in [-0.2, -0.15) is 0 Å². The van der Waals surface area contributed by atoms with Gasteiger partial charge in [0.2, 0.25) is 0 Å². The minimum atomic E-state index is -4.53. The Bertz CT molecular complexity index is 530. The van der Waals surface area contributed by atoms with Gasteiger partial charge in [0.1, 0.15) is 0 Å². The molecule has 0 saturated carbocycles. The molecule has 0 aromatic rings. The van der Waals surface area contributed by atoms with Crippen LogP contribution in [0.1, 0.15) is 81.1 Å². The van der Waals surface area contributed by atoms with Gasteiger partial charge >= 0.3 is 29.6 Å². The first kappa shape index (κ1) is 41.0. The molecule has 0 saturated heterocycles. The van der Waals surface area contributed by atoms with Crippen molar-refractivity contribution in [1.82, 2.24) is 0 Å². The van der Waals surface area contributed by atoms with Gasteiger partial charge in [-0.3, -0.25) is 4.57 Å². The average Bonchev–Trinajstić information content (AvgIpc) is 2.83. The molecule has 6 atom stereocenters. The maximum atomic E-state index is 12.3. The number of rotatable bonds is 26. The van der Waals surface area contributed by atoms with Crippen molar-refractivity contribution in [2.24, 2.45) is 0 Å². The minimum absolute atomic E-state index is 0. The molecule has 0 aromatic carbocycles. The monoisotopic (exact) mass is 580 g/mol. The first-order chi connectivity index (χ1) is 17.5. The Labute approximate surface area is 254 Å². The molecule has 0 amide bonds. The molecule has 0 aliphatic rings. The Morgan fingerprint density at radius 1 is 0.553 bits per heavy atom. The first-order valence-electron chi connectivity index (χ1n) is 13.8. The van der Waals surface area contributed by atoms with Crippen molar-refractivity contribution < 1.29 is 76.5 Å². The van der Waals surface area contributed by atoms with E-state index in [2.05, 4.69) is 13.8 Å². The van der Waals surface area contributed by atoms with Crippen molar-refractivity contribution in [3.63, 3.8) is 0 Å². The van der Waals surface area contributed by atoms with Crippen LogP contribution in [-0.4, -0.2) is 89.5 Å². The summed E-state index contributed by atoms with van der Waals surface area (Å²) in [7, 11) is -4.53. The van der Waals surface area contributed by atoms with Gasteiger partial charge in [0.05, 0.1) is 76.3 Å². The predicted octanol–water partition coefficient (Wildman–Crippen LogP) is 1.52. The second kappa shape index (κ2) is 25.6. The summed E-state index contributed by atoms with van der Waals surface area (Å²) in [5.41, 5.74) is 0. The zero-order chi connectivity index (χ0) is 28.1. The molecule has 0 heterocycles. The summed E-state index contributed by atoms with van der Waals surface area (Å²) in [6, 6.07) is 0. The topological polar surface area (TPSA) is 114 Å². The Morgan fingerprint density at radius 3 is 1.16 bits per heavy atom. The van der Waals surface area contributed by atoms with Crippen LogP contribution in [0, 0.1) is 0 Å². The van der Waals surface area contributed by atoms with Gasteiger partial charge in [-0.25, -0.2) is 0 Å². The van der Waals surface area contributed by atoms with Crippen LogP contribution in [0.25, 0.3) is 0 Å². The summed E-state index contributed by atoms with van der Waals surface area (Å²) < 4.78 is 56.3. The molecule has 0 aromatic heterocycles. The zero-order valence-corrected chi connectivity index (χ0v) is 28.4. The van der Waals surface area contributed by atoms with Gasteiger partial charge in [0.15, 0.2) is 0 Å². The number of phosphoric ester groups is 1. The van der Waals surface area contributed by atoms with Gasteiger partial charge < -0.3 is 42.4 Å². The Kier molecular flexibility index (Phi) is 27.6. The summed E-state index contributed by atoms with van der Waals surface area (Å²) in [6.07, 6.45) is 2.31. The van der Waals surface area contributed by atoms with Crippen LogP contribution in [-0.2, 0) is 42.0 Å². The van der Waals surface area contributed by atoms with Gasteiger partial charge in [-0.1, -0.05) is 26.7 Å². The first-order valence-corrected chi connectivity index (χ1v) is 15.2. The van der Waals surface area contributed by atoms with E-state index in [4.69, 9.17) is 37.5 Å². The van der Waals surface area contributed by atoms with Gasteiger partial charge in [-0.05, 0) is 54.4 Å². The van der Waals surface area contributed by atoms with E-state index in [0.29, 0.717) is 26.4 Å². The zero-order valence-electron chi connectivity index (χ0n) is 25.5. The van der Waals surface area contributed by atoms with Crippen molar-refractivity contribution in [2.75, 3.05) is 52.9 Å². The molecule has 6 unspecified atom stereocenters. The number of phosphoric acid groups is 1. The molecule has 10 nitrogen and oxygen atoms in total. The van der Waals surface area contributed by atoms with E-state index in [0.717, 1.165) is 38.9 Å². The standard InChI is InChI=1S/C26H55O10P.Na/c1-9-11-13-29-15-21(3)31-17-23(5)33-19-25(7)35-37(27,28)36-26(8)20-34-24(6)18-32-22(4)16-30-14-12-10-2;/h21-26H,9-20H2,1-8H3,(H,27,28);/q;+1/p-1. The Hall–Kier alpha value is 0.870. The molecule has 0 fully saturated rings. The summed E-state index contributed by atoms with van der Waals surface area (Å²) in [5.74, 6) is 0. The van der Waals surface area contributed by atoms with Crippen molar-refractivity contribution in [1.29, 1.82) is 0 Å². The molecule has 0 rings (SSSR count). The van der Waals surface area contributed by atoms with Crippen LogP contribution in [0.15, 0.2) is 0 Å². The van der Waals surface area contributed by atoms with Crippen LogP contribution in [0.5, 0.6) is 0 Å². The maximum absolute atomic E-state index is 12.3. The van der Waals surface area contributed by atoms with E-state index in [1.54, 1.807) is 13.8 Å². The van der Waals surface area contributed by atoms with Crippen molar-refractivity contribution >= 4 is 7.82 Å². The summed E-state index contributed by atoms with van der Waals surface area (Å²) in [6.45, 7) is 18.5. The molecular formula is C26H54NaO10P.